The van der Waals surface area contributed by atoms with Gasteiger partial charge in [0.25, 0.3) is 0 Å². The minimum atomic E-state index is -2.84. The maximum absolute atomic E-state index is 13.3. The summed E-state index contributed by atoms with van der Waals surface area (Å²) in [6, 6.07) is 8.46. The molecule has 0 aliphatic heterocycles. The minimum Gasteiger partial charge on any atom is -0.418 e. The number of rotatable bonds is 4. The SMILES string of the molecule is Cc1cc(O[PH](=O)Oc2cc(C)c(C(C)(C)C)cc2C(C)(C)C)c(C(C)(C)C)cc1C(C)(C)C. The average Bonchev–Trinajstić information content (AvgIpc) is 2.57. The van der Waals surface area contributed by atoms with E-state index in [2.05, 4.69) is 109 Å². The number of hydrogen-bond donors (Lipinski definition) is 0. The molecular weight excluding hydrogens is 439 g/mol. The Bertz CT molecular complexity index is 983. The quantitative estimate of drug-likeness (QED) is 0.404. The molecule has 0 bridgehead atoms. The second-order valence-corrected chi connectivity index (χ2v) is 14.7. The summed E-state index contributed by atoms with van der Waals surface area (Å²) in [5.74, 6) is 1.28. The van der Waals surface area contributed by atoms with E-state index in [1.807, 2.05) is 12.1 Å². The molecule has 190 valence electrons. The van der Waals surface area contributed by atoms with Gasteiger partial charge >= 0.3 is 8.25 Å². The van der Waals surface area contributed by atoms with E-state index in [0.29, 0.717) is 11.5 Å². The summed E-state index contributed by atoms with van der Waals surface area (Å²) in [5.41, 5.74) is 6.59. The molecule has 0 heterocycles. The predicted octanol–water partition coefficient (Wildman–Crippen LogP) is 9.34. The van der Waals surface area contributed by atoms with Crippen molar-refractivity contribution in [3.8, 4) is 11.5 Å². The lowest BCUT2D eigenvalue weighted by atomic mass is 9.78. The van der Waals surface area contributed by atoms with E-state index in [1.54, 1.807) is 0 Å². The maximum atomic E-state index is 13.3. The fourth-order valence-electron chi connectivity index (χ4n) is 4.52. The normalized spacial score (nSPS) is 13.4. The Morgan fingerprint density at radius 2 is 0.765 bits per heavy atom. The summed E-state index contributed by atoms with van der Waals surface area (Å²) in [6.07, 6.45) is 0. The molecule has 4 heteroatoms. The van der Waals surface area contributed by atoms with Crippen LogP contribution in [-0.4, -0.2) is 0 Å². The Morgan fingerprint density at radius 3 is 1.00 bits per heavy atom. The van der Waals surface area contributed by atoms with E-state index in [1.165, 1.54) is 11.1 Å². The average molecular weight is 487 g/mol. The largest absolute Gasteiger partial charge is 0.418 e. The van der Waals surface area contributed by atoms with E-state index < -0.39 is 8.25 Å². The van der Waals surface area contributed by atoms with Crippen molar-refractivity contribution in [2.45, 2.75) is 119 Å². The monoisotopic (exact) mass is 486 g/mol. The van der Waals surface area contributed by atoms with Crippen LogP contribution in [0.3, 0.4) is 0 Å². The van der Waals surface area contributed by atoms with Gasteiger partial charge in [0.05, 0.1) is 0 Å². The topological polar surface area (TPSA) is 35.5 Å². The standard InChI is InChI=1S/C30H47O3P/c1-19-15-25(23(29(9,10)11)17-21(19)27(3,4)5)32-34(31)33-26-16-20(2)22(28(6,7)8)18-24(26)30(12,13)14/h15-18,34H,1-14H3. The van der Waals surface area contributed by atoms with Crippen LogP contribution in [0.1, 0.15) is 116 Å². The molecule has 0 fully saturated rings. The molecule has 2 rings (SSSR count). The summed E-state index contributed by atoms with van der Waals surface area (Å²) in [6.45, 7) is 30.4. The van der Waals surface area contributed by atoms with Crippen molar-refractivity contribution in [1.29, 1.82) is 0 Å². The first kappa shape index (κ1) is 28.5. The predicted molar refractivity (Wildman–Crippen MR) is 147 cm³/mol. The van der Waals surface area contributed by atoms with Crippen LogP contribution < -0.4 is 9.05 Å². The van der Waals surface area contributed by atoms with Crippen molar-refractivity contribution < 1.29 is 13.6 Å². The van der Waals surface area contributed by atoms with Gasteiger partial charge in [-0.1, -0.05) is 95.2 Å². The molecule has 0 radical (unpaired) electrons. The highest BCUT2D eigenvalue weighted by Crippen LogP contribution is 2.44. The first-order valence-electron chi connectivity index (χ1n) is 12.3. The third kappa shape index (κ3) is 6.69. The molecule has 0 aliphatic rings. The summed E-state index contributed by atoms with van der Waals surface area (Å²) >= 11 is 0. The van der Waals surface area contributed by atoms with Crippen molar-refractivity contribution in [3.63, 3.8) is 0 Å². The fraction of sp³-hybridized carbons (Fsp3) is 0.600. The molecular formula is C30H47O3P. The molecule has 0 saturated carbocycles. The lowest BCUT2D eigenvalue weighted by Gasteiger charge is -2.30. The Labute approximate surface area is 209 Å². The smallest absolute Gasteiger partial charge is 0.418 e. The molecule has 0 unspecified atom stereocenters. The molecule has 0 amide bonds. The van der Waals surface area contributed by atoms with Gasteiger partial charge in [0.15, 0.2) is 0 Å². The first-order chi connectivity index (χ1) is 15.1. The molecule has 2 aromatic carbocycles. The Hall–Kier alpha value is -1.73. The molecule has 0 aliphatic carbocycles. The Balaban J connectivity index is 2.51. The van der Waals surface area contributed by atoms with Gasteiger partial charge in [-0.3, -0.25) is 0 Å². The Morgan fingerprint density at radius 1 is 0.500 bits per heavy atom. The lowest BCUT2D eigenvalue weighted by Crippen LogP contribution is -2.19. The molecule has 0 N–H and O–H groups in total. The number of benzene rings is 2. The number of hydrogen-bond acceptors (Lipinski definition) is 3. The molecule has 34 heavy (non-hydrogen) atoms. The summed E-state index contributed by atoms with van der Waals surface area (Å²) in [7, 11) is -2.84. The molecule has 0 atom stereocenters. The zero-order chi connectivity index (χ0) is 26.4. The fourth-order valence-corrected chi connectivity index (χ4v) is 5.26. The van der Waals surface area contributed by atoms with E-state index >= 15 is 0 Å². The highest BCUT2D eigenvalue weighted by molar-refractivity contribution is 7.34. The zero-order valence-corrected chi connectivity index (χ0v) is 25.0. The van der Waals surface area contributed by atoms with Gasteiger partial charge in [-0.2, -0.15) is 0 Å². The minimum absolute atomic E-state index is 0.0122. The second kappa shape index (κ2) is 9.38. The van der Waals surface area contributed by atoms with Crippen molar-refractivity contribution in [2.24, 2.45) is 0 Å². The third-order valence-electron chi connectivity index (χ3n) is 6.27. The van der Waals surface area contributed by atoms with Crippen LogP contribution >= 0.6 is 8.25 Å². The third-order valence-corrected chi connectivity index (χ3v) is 7.04. The van der Waals surface area contributed by atoms with Crippen molar-refractivity contribution in [1.82, 2.24) is 0 Å². The molecule has 2 aromatic rings. The first-order valence-corrected chi connectivity index (χ1v) is 13.6. The van der Waals surface area contributed by atoms with Crippen LogP contribution in [0.25, 0.3) is 0 Å². The lowest BCUT2D eigenvalue weighted by molar-refractivity contribution is 0.402. The summed E-state index contributed by atoms with van der Waals surface area (Å²) < 4.78 is 25.4. The molecule has 0 aromatic heterocycles. The van der Waals surface area contributed by atoms with Crippen molar-refractivity contribution in [3.05, 3.63) is 57.6 Å². The van der Waals surface area contributed by atoms with E-state index in [4.69, 9.17) is 9.05 Å². The molecule has 0 spiro atoms. The Kier molecular flexibility index (Phi) is 7.86. The second-order valence-electron chi connectivity index (χ2n) is 13.8. The molecule has 3 nitrogen and oxygen atoms in total. The highest BCUT2D eigenvalue weighted by atomic mass is 31.1. The van der Waals surface area contributed by atoms with E-state index in [9.17, 15) is 4.57 Å². The zero-order valence-electron chi connectivity index (χ0n) is 24.0. The van der Waals surface area contributed by atoms with Gasteiger partial charge in [-0.15, -0.1) is 0 Å². The van der Waals surface area contributed by atoms with Crippen molar-refractivity contribution in [2.75, 3.05) is 0 Å². The highest BCUT2D eigenvalue weighted by Gasteiger charge is 2.28. The van der Waals surface area contributed by atoms with Crippen molar-refractivity contribution >= 4 is 8.25 Å². The van der Waals surface area contributed by atoms with Gasteiger partial charge in [0.1, 0.15) is 11.5 Å². The maximum Gasteiger partial charge on any atom is 0.418 e. The van der Waals surface area contributed by atoms with E-state index in [-0.39, 0.29) is 21.7 Å². The molecule has 0 saturated heterocycles. The van der Waals surface area contributed by atoms with Crippen LogP contribution in [0.2, 0.25) is 0 Å². The van der Waals surface area contributed by atoms with E-state index in [0.717, 1.165) is 22.3 Å². The summed E-state index contributed by atoms with van der Waals surface area (Å²) in [4.78, 5) is 0. The van der Waals surface area contributed by atoms with Gasteiger partial charge in [-0.05, 0) is 69.9 Å². The van der Waals surface area contributed by atoms with Crippen LogP contribution in [0.5, 0.6) is 11.5 Å². The van der Waals surface area contributed by atoms with Crippen LogP contribution in [-0.2, 0) is 26.2 Å². The van der Waals surface area contributed by atoms with Gasteiger partial charge < -0.3 is 9.05 Å². The van der Waals surface area contributed by atoms with Crippen LogP contribution in [0.15, 0.2) is 24.3 Å². The van der Waals surface area contributed by atoms with Gasteiger partial charge in [0.2, 0.25) is 0 Å². The van der Waals surface area contributed by atoms with Gasteiger partial charge in [0, 0.05) is 11.1 Å². The van der Waals surface area contributed by atoms with Crippen LogP contribution in [0.4, 0.5) is 0 Å². The van der Waals surface area contributed by atoms with Gasteiger partial charge in [-0.25, -0.2) is 4.57 Å². The number of aryl methyl sites for hydroxylation is 2. The summed E-state index contributed by atoms with van der Waals surface area (Å²) in [5, 5.41) is 0. The van der Waals surface area contributed by atoms with Crippen LogP contribution in [0, 0.1) is 13.8 Å².